The Labute approximate surface area is 157 Å². The minimum atomic E-state index is -0.549. The molecule has 0 saturated carbocycles. The fraction of sp³-hybridized carbons (Fsp3) is 0.167. The van der Waals surface area contributed by atoms with Gasteiger partial charge in [0.05, 0.1) is 6.61 Å². The van der Waals surface area contributed by atoms with Gasteiger partial charge in [-0.3, -0.25) is 10.1 Å². The number of thiazole rings is 1. The van der Waals surface area contributed by atoms with Crippen LogP contribution in [-0.2, 0) is 11.3 Å². The van der Waals surface area contributed by atoms with Crippen molar-refractivity contribution in [2.75, 3.05) is 11.9 Å². The second kappa shape index (κ2) is 8.45. The normalized spacial score (nSPS) is 10.4. The summed E-state index contributed by atoms with van der Waals surface area (Å²) < 4.78 is 28.6. The average Bonchev–Trinajstić information content (AvgIpc) is 3.31. The van der Waals surface area contributed by atoms with Crippen molar-refractivity contribution in [1.29, 1.82) is 0 Å². The van der Waals surface area contributed by atoms with Crippen molar-refractivity contribution < 1.29 is 27.9 Å². The highest BCUT2D eigenvalue weighted by atomic mass is 32.1. The van der Waals surface area contributed by atoms with Crippen molar-refractivity contribution in [2.24, 2.45) is 0 Å². The Hall–Kier alpha value is -3.20. The van der Waals surface area contributed by atoms with Gasteiger partial charge in [-0.2, -0.15) is 0 Å². The van der Waals surface area contributed by atoms with Crippen molar-refractivity contribution >= 4 is 28.3 Å². The molecule has 2 heterocycles. The Balaban J connectivity index is 1.56. The molecule has 0 aliphatic rings. The number of nitrogens with zero attached hydrogens (tertiary/aromatic N) is 1. The number of aromatic nitrogens is 1. The van der Waals surface area contributed by atoms with E-state index in [9.17, 15) is 14.0 Å². The van der Waals surface area contributed by atoms with E-state index in [1.807, 2.05) is 0 Å². The second-order valence-electron chi connectivity index (χ2n) is 5.22. The summed E-state index contributed by atoms with van der Waals surface area (Å²) in [4.78, 5) is 27.8. The molecule has 0 aliphatic heterocycles. The lowest BCUT2D eigenvalue weighted by molar-refractivity contribution is 0.0520. The van der Waals surface area contributed by atoms with E-state index in [0.29, 0.717) is 11.5 Å². The monoisotopic (exact) mass is 390 g/mol. The van der Waals surface area contributed by atoms with E-state index in [1.54, 1.807) is 13.0 Å². The maximum atomic E-state index is 12.9. The van der Waals surface area contributed by atoms with Crippen molar-refractivity contribution in [1.82, 2.24) is 4.98 Å². The van der Waals surface area contributed by atoms with Crippen LogP contribution in [0, 0.1) is 5.82 Å². The first-order chi connectivity index (χ1) is 13.0. The smallest absolute Gasteiger partial charge is 0.357 e. The lowest BCUT2D eigenvalue weighted by Crippen LogP contribution is -2.11. The maximum Gasteiger partial charge on any atom is 0.357 e. The van der Waals surface area contributed by atoms with Gasteiger partial charge in [0.1, 0.15) is 23.9 Å². The van der Waals surface area contributed by atoms with Gasteiger partial charge in [0.25, 0.3) is 5.91 Å². The Kier molecular flexibility index (Phi) is 5.82. The predicted molar refractivity (Wildman–Crippen MR) is 95.5 cm³/mol. The molecule has 27 heavy (non-hydrogen) atoms. The molecule has 2 aromatic heterocycles. The fourth-order valence-corrected chi connectivity index (χ4v) is 2.73. The van der Waals surface area contributed by atoms with E-state index in [1.165, 1.54) is 35.7 Å². The molecule has 0 radical (unpaired) electrons. The Morgan fingerprint density at radius 2 is 2.00 bits per heavy atom. The molecular formula is C18H15FN2O5S. The van der Waals surface area contributed by atoms with Gasteiger partial charge in [0.15, 0.2) is 16.6 Å². The standard InChI is InChI=1S/C18H15FN2O5S/c1-2-24-17(23)14-10-27-18(20-14)21-16(22)15-8-7-13(26-15)9-25-12-5-3-11(19)4-6-12/h3-8,10H,2,9H2,1H3,(H,20,21,22). The molecule has 9 heteroatoms. The molecule has 0 unspecified atom stereocenters. The van der Waals surface area contributed by atoms with Crippen molar-refractivity contribution in [3.8, 4) is 5.75 Å². The zero-order chi connectivity index (χ0) is 19.2. The number of anilines is 1. The second-order valence-corrected chi connectivity index (χ2v) is 6.08. The summed E-state index contributed by atoms with van der Waals surface area (Å²) in [7, 11) is 0. The van der Waals surface area contributed by atoms with E-state index in [4.69, 9.17) is 13.9 Å². The van der Waals surface area contributed by atoms with Crippen LogP contribution in [0.4, 0.5) is 9.52 Å². The van der Waals surface area contributed by atoms with E-state index >= 15 is 0 Å². The minimum absolute atomic E-state index is 0.0700. The van der Waals surface area contributed by atoms with Crippen LogP contribution in [0.15, 0.2) is 46.2 Å². The van der Waals surface area contributed by atoms with E-state index < -0.39 is 11.9 Å². The summed E-state index contributed by atoms with van der Waals surface area (Å²) in [5, 5.41) is 4.30. The number of nitrogens with one attached hydrogen (secondary N) is 1. The highest BCUT2D eigenvalue weighted by molar-refractivity contribution is 7.14. The van der Waals surface area contributed by atoms with Gasteiger partial charge in [0, 0.05) is 5.38 Å². The van der Waals surface area contributed by atoms with Crippen molar-refractivity contribution in [2.45, 2.75) is 13.5 Å². The van der Waals surface area contributed by atoms with Crippen LogP contribution in [-0.4, -0.2) is 23.5 Å². The average molecular weight is 390 g/mol. The predicted octanol–water partition coefficient (Wildman–Crippen LogP) is 3.88. The quantitative estimate of drug-likeness (QED) is 0.616. The molecule has 3 rings (SSSR count). The first kappa shape index (κ1) is 18.6. The first-order valence-electron chi connectivity index (χ1n) is 7.96. The molecule has 0 atom stereocenters. The number of hydrogen-bond donors (Lipinski definition) is 1. The van der Waals surface area contributed by atoms with Crippen LogP contribution in [0.3, 0.4) is 0 Å². The van der Waals surface area contributed by atoms with Crippen LogP contribution in [0.1, 0.15) is 33.7 Å². The largest absolute Gasteiger partial charge is 0.486 e. The molecule has 0 spiro atoms. The minimum Gasteiger partial charge on any atom is -0.486 e. The third-order valence-electron chi connectivity index (χ3n) is 3.29. The number of esters is 1. The van der Waals surface area contributed by atoms with Crippen molar-refractivity contribution in [3.05, 3.63) is 64.8 Å². The van der Waals surface area contributed by atoms with E-state index in [-0.39, 0.29) is 35.6 Å². The highest BCUT2D eigenvalue weighted by Gasteiger charge is 2.16. The first-order valence-corrected chi connectivity index (χ1v) is 8.84. The van der Waals surface area contributed by atoms with Gasteiger partial charge < -0.3 is 13.9 Å². The van der Waals surface area contributed by atoms with Gasteiger partial charge in [-0.15, -0.1) is 11.3 Å². The molecular weight excluding hydrogens is 375 g/mol. The highest BCUT2D eigenvalue weighted by Crippen LogP contribution is 2.19. The number of ether oxygens (including phenoxy) is 2. The number of rotatable bonds is 7. The zero-order valence-electron chi connectivity index (χ0n) is 14.2. The van der Waals surface area contributed by atoms with Crippen LogP contribution < -0.4 is 10.1 Å². The molecule has 3 aromatic rings. The topological polar surface area (TPSA) is 90.7 Å². The Bertz CT molecular complexity index is 935. The van der Waals surface area contributed by atoms with Crippen LogP contribution in [0.5, 0.6) is 5.75 Å². The molecule has 0 aliphatic carbocycles. The van der Waals surface area contributed by atoms with Gasteiger partial charge >= 0.3 is 5.97 Å². The molecule has 1 N–H and O–H groups in total. The summed E-state index contributed by atoms with van der Waals surface area (Å²) in [5.41, 5.74) is 0.130. The number of amides is 1. The van der Waals surface area contributed by atoms with Gasteiger partial charge in [0.2, 0.25) is 0 Å². The molecule has 0 saturated heterocycles. The molecule has 0 fully saturated rings. The fourth-order valence-electron chi connectivity index (χ4n) is 2.05. The molecule has 0 bridgehead atoms. The van der Waals surface area contributed by atoms with Crippen LogP contribution >= 0.6 is 11.3 Å². The van der Waals surface area contributed by atoms with Gasteiger partial charge in [-0.05, 0) is 43.3 Å². The zero-order valence-corrected chi connectivity index (χ0v) is 15.0. The molecule has 1 aromatic carbocycles. The van der Waals surface area contributed by atoms with Crippen LogP contribution in [0.2, 0.25) is 0 Å². The number of hydrogen-bond acceptors (Lipinski definition) is 7. The maximum absolute atomic E-state index is 12.9. The van der Waals surface area contributed by atoms with Crippen LogP contribution in [0.25, 0.3) is 0 Å². The van der Waals surface area contributed by atoms with Gasteiger partial charge in [-0.25, -0.2) is 14.2 Å². The molecule has 140 valence electrons. The van der Waals surface area contributed by atoms with E-state index in [0.717, 1.165) is 11.3 Å². The third kappa shape index (κ3) is 4.91. The summed E-state index contributed by atoms with van der Waals surface area (Å²) in [5.74, 6) is -0.433. The molecule has 1 amide bonds. The number of carbonyl (C=O) groups is 2. The number of carbonyl (C=O) groups excluding carboxylic acids is 2. The summed E-state index contributed by atoms with van der Waals surface area (Å²) >= 11 is 1.10. The number of benzene rings is 1. The SMILES string of the molecule is CCOC(=O)c1csc(NC(=O)c2ccc(COc3ccc(F)cc3)o2)n1. The third-order valence-corrected chi connectivity index (χ3v) is 4.05. The van der Waals surface area contributed by atoms with E-state index in [2.05, 4.69) is 10.3 Å². The Morgan fingerprint density at radius 1 is 1.22 bits per heavy atom. The van der Waals surface area contributed by atoms with Crippen molar-refractivity contribution in [3.63, 3.8) is 0 Å². The Morgan fingerprint density at radius 3 is 2.74 bits per heavy atom. The molecule has 7 nitrogen and oxygen atoms in total. The number of furan rings is 1. The number of halogens is 1. The summed E-state index contributed by atoms with van der Waals surface area (Å²) in [6.07, 6.45) is 0. The lowest BCUT2D eigenvalue weighted by atomic mass is 10.3. The van der Waals surface area contributed by atoms with Gasteiger partial charge in [-0.1, -0.05) is 0 Å². The lowest BCUT2D eigenvalue weighted by Gasteiger charge is -2.03. The summed E-state index contributed by atoms with van der Waals surface area (Å²) in [6, 6.07) is 8.66. The summed E-state index contributed by atoms with van der Waals surface area (Å²) in [6.45, 7) is 2.03.